The average molecular weight is 521 g/mol. The molecule has 0 radical (unpaired) electrons. The van der Waals surface area contributed by atoms with Crippen LogP contribution in [0.5, 0.6) is 5.75 Å². The lowest BCUT2D eigenvalue weighted by molar-refractivity contribution is -0.132. The van der Waals surface area contributed by atoms with E-state index in [1.54, 1.807) is 42.6 Å². The van der Waals surface area contributed by atoms with Gasteiger partial charge in [-0.25, -0.2) is 4.79 Å². The number of carbonyl (C=O) groups excluding carboxylic acids is 3. The summed E-state index contributed by atoms with van der Waals surface area (Å²) < 4.78 is 10.4. The quantitative estimate of drug-likeness (QED) is 0.198. The van der Waals surface area contributed by atoms with Crippen molar-refractivity contribution in [2.75, 3.05) is 18.6 Å². The van der Waals surface area contributed by atoms with Crippen molar-refractivity contribution in [1.82, 2.24) is 4.98 Å². The highest BCUT2D eigenvalue weighted by Crippen LogP contribution is 2.42. The minimum Gasteiger partial charge on any atom is -0.507 e. The number of nitrogens with zero attached hydrogens (tertiary/aromatic N) is 2. The Hall–Kier alpha value is -4.17. The summed E-state index contributed by atoms with van der Waals surface area (Å²) in [6.07, 6.45) is 3.09. The first kappa shape index (κ1) is 25.9. The number of carbonyl (C=O) groups is 3. The van der Waals surface area contributed by atoms with Gasteiger partial charge in [0.1, 0.15) is 11.5 Å². The molecule has 1 N–H and O–H groups in total. The number of esters is 1. The van der Waals surface area contributed by atoms with Crippen molar-refractivity contribution in [3.8, 4) is 5.75 Å². The third-order valence-corrected chi connectivity index (χ3v) is 6.09. The van der Waals surface area contributed by atoms with Crippen LogP contribution in [0.25, 0.3) is 5.76 Å². The number of Topliss-reactive ketones (excluding diaryl/α,β-unsaturated/α-hetero) is 1. The van der Waals surface area contributed by atoms with Crippen LogP contribution in [0.3, 0.4) is 0 Å². The van der Waals surface area contributed by atoms with Gasteiger partial charge in [0.25, 0.3) is 11.7 Å². The lowest BCUT2D eigenvalue weighted by Crippen LogP contribution is -2.29. The number of rotatable bonds is 7. The molecule has 37 heavy (non-hydrogen) atoms. The highest BCUT2D eigenvalue weighted by atomic mass is 35.5. The highest BCUT2D eigenvalue weighted by Gasteiger charge is 2.47. The number of hydrogen-bond acceptors (Lipinski definition) is 7. The van der Waals surface area contributed by atoms with E-state index in [1.807, 2.05) is 13.8 Å². The van der Waals surface area contributed by atoms with Crippen LogP contribution in [0.4, 0.5) is 5.69 Å². The molecule has 0 saturated carbocycles. The number of aliphatic hydroxyl groups is 1. The molecule has 4 rings (SSSR count). The Morgan fingerprint density at radius 2 is 1.81 bits per heavy atom. The smallest absolute Gasteiger partial charge is 0.338 e. The molecule has 0 aliphatic carbocycles. The van der Waals surface area contributed by atoms with Crippen LogP contribution in [-0.4, -0.2) is 41.5 Å². The van der Waals surface area contributed by atoms with E-state index in [1.165, 1.54) is 36.4 Å². The second kappa shape index (κ2) is 10.8. The van der Waals surface area contributed by atoms with Gasteiger partial charge in [0.05, 0.1) is 35.9 Å². The Morgan fingerprint density at radius 3 is 2.41 bits per heavy atom. The number of aliphatic hydroxyl groups excluding tert-OH is 1. The number of amides is 1. The number of hydrogen-bond donors (Lipinski definition) is 1. The molecule has 8 nitrogen and oxygen atoms in total. The molecule has 1 amide bonds. The number of ether oxygens (including phenoxy) is 2. The molecule has 1 saturated heterocycles. The second-order valence-electron chi connectivity index (χ2n) is 8.84. The SMILES string of the molecule is COc1ccc(/C(O)=C2/C(=O)C(=O)N(c3ccc(C(=O)OCC(C)C)cc3)C2c2cccnc2)cc1Cl. The topological polar surface area (TPSA) is 106 Å². The molecule has 1 aromatic heterocycles. The summed E-state index contributed by atoms with van der Waals surface area (Å²) in [6.45, 7) is 4.16. The second-order valence-corrected chi connectivity index (χ2v) is 9.25. The molecule has 190 valence electrons. The number of ketones is 1. The van der Waals surface area contributed by atoms with E-state index in [9.17, 15) is 19.5 Å². The number of aromatic nitrogens is 1. The maximum absolute atomic E-state index is 13.3. The average Bonchev–Trinajstić information content (AvgIpc) is 3.17. The molecule has 0 spiro atoms. The number of anilines is 1. The summed E-state index contributed by atoms with van der Waals surface area (Å²) in [6, 6.07) is 13.2. The van der Waals surface area contributed by atoms with Gasteiger partial charge in [0, 0.05) is 23.6 Å². The maximum atomic E-state index is 13.3. The first-order valence-corrected chi connectivity index (χ1v) is 11.9. The molecule has 1 unspecified atom stereocenters. The molecule has 0 bridgehead atoms. The Bertz CT molecular complexity index is 1370. The van der Waals surface area contributed by atoms with E-state index >= 15 is 0 Å². The molecule has 2 aromatic carbocycles. The van der Waals surface area contributed by atoms with Gasteiger partial charge in [-0.1, -0.05) is 31.5 Å². The molecule has 1 fully saturated rings. The Kier molecular flexibility index (Phi) is 7.59. The Labute approximate surface area is 219 Å². The first-order chi connectivity index (χ1) is 17.7. The fourth-order valence-corrected chi connectivity index (χ4v) is 4.26. The molecule has 2 heterocycles. The normalized spacial score (nSPS) is 16.8. The maximum Gasteiger partial charge on any atom is 0.338 e. The Balaban J connectivity index is 1.78. The largest absolute Gasteiger partial charge is 0.507 e. The molecule has 1 aliphatic heterocycles. The van der Waals surface area contributed by atoms with Gasteiger partial charge in [0.15, 0.2) is 0 Å². The molecule has 3 aromatic rings. The van der Waals surface area contributed by atoms with Gasteiger partial charge in [-0.2, -0.15) is 0 Å². The van der Waals surface area contributed by atoms with E-state index < -0.39 is 23.7 Å². The molecule has 1 aliphatic rings. The van der Waals surface area contributed by atoms with Crippen molar-refractivity contribution in [1.29, 1.82) is 0 Å². The zero-order valence-electron chi connectivity index (χ0n) is 20.5. The fraction of sp³-hybridized carbons (Fsp3) is 0.214. The van der Waals surface area contributed by atoms with Gasteiger partial charge in [-0.3, -0.25) is 19.5 Å². The predicted octanol–water partition coefficient (Wildman–Crippen LogP) is 5.18. The van der Waals surface area contributed by atoms with Crippen molar-refractivity contribution in [2.45, 2.75) is 19.9 Å². The van der Waals surface area contributed by atoms with Crippen LogP contribution in [-0.2, 0) is 14.3 Å². The summed E-state index contributed by atoms with van der Waals surface area (Å²) in [4.78, 5) is 44.3. The summed E-state index contributed by atoms with van der Waals surface area (Å²) >= 11 is 6.23. The number of halogens is 1. The van der Waals surface area contributed by atoms with Crippen molar-refractivity contribution < 1.29 is 29.0 Å². The molecular weight excluding hydrogens is 496 g/mol. The zero-order chi connectivity index (χ0) is 26.7. The predicted molar refractivity (Wildman–Crippen MR) is 139 cm³/mol. The number of pyridine rings is 1. The third kappa shape index (κ3) is 5.20. The summed E-state index contributed by atoms with van der Waals surface area (Å²) in [5.74, 6) is -1.97. The third-order valence-electron chi connectivity index (χ3n) is 5.80. The van der Waals surface area contributed by atoms with Crippen LogP contribution in [0.1, 0.15) is 41.4 Å². The van der Waals surface area contributed by atoms with Crippen LogP contribution in [0.15, 0.2) is 72.6 Å². The minimum absolute atomic E-state index is 0.111. The van der Waals surface area contributed by atoms with E-state index in [4.69, 9.17) is 21.1 Å². The fourth-order valence-electron chi connectivity index (χ4n) is 4.00. The van der Waals surface area contributed by atoms with Gasteiger partial charge < -0.3 is 14.6 Å². The number of methoxy groups -OCH3 is 1. The summed E-state index contributed by atoms with van der Waals surface area (Å²) in [5.41, 5.74) is 1.33. The van der Waals surface area contributed by atoms with E-state index in [2.05, 4.69) is 4.98 Å². The molecular formula is C28H25ClN2O6. The van der Waals surface area contributed by atoms with Crippen molar-refractivity contribution in [2.24, 2.45) is 5.92 Å². The van der Waals surface area contributed by atoms with Gasteiger partial charge in [-0.15, -0.1) is 0 Å². The van der Waals surface area contributed by atoms with Crippen LogP contribution >= 0.6 is 11.6 Å². The summed E-state index contributed by atoms with van der Waals surface area (Å²) in [5, 5.41) is 11.4. The van der Waals surface area contributed by atoms with Crippen molar-refractivity contribution >= 4 is 40.7 Å². The first-order valence-electron chi connectivity index (χ1n) is 11.5. The van der Waals surface area contributed by atoms with Crippen LogP contribution < -0.4 is 9.64 Å². The van der Waals surface area contributed by atoms with Gasteiger partial charge in [-0.05, 0) is 60.0 Å². The minimum atomic E-state index is -0.965. The zero-order valence-corrected chi connectivity index (χ0v) is 21.2. The lowest BCUT2D eigenvalue weighted by atomic mass is 9.96. The van der Waals surface area contributed by atoms with Crippen molar-refractivity contribution in [3.05, 3.63) is 94.3 Å². The lowest BCUT2D eigenvalue weighted by Gasteiger charge is -2.25. The van der Waals surface area contributed by atoms with E-state index in [0.717, 1.165) is 0 Å². The van der Waals surface area contributed by atoms with E-state index in [0.29, 0.717) is 22.6 Å². The van der Waals surface area contributed by atoms with Crippen LogP contribution in [0, 0.1) is 5.92 Å². The van der Waals surface area contributed by atoms with Crippen molar-refractivity contribution in [3.63, 3.8) is 0 Å². The van der Waals surface area contributed by atoms with Gasteiger partial charge >= 0.3 is 5.97 Å². The van der Waals surface area contributed by atoms with Crippen LogP contribution in [0.2, 0.25) is 5.02 Å². The standard InChI is InChI=1S/C28H25ClN2O6/c1-16(2)15-37-28(35)17-6-9-20(10-7-17)31-24(19-5-4-12-30-14-19)23(26(33)27(31)34)25(32)18-8-11-22(36-3)21(29)13-18/h4-14,16,24,32H,15H2,1-3H3/b25-23-. The Morgan fingerprint density at radius 1 is 1.11 bits per heavy atom. The molecule has 1 atom stereocenters. The van der Waals surface area contributed by atoms with E-state index in [-0.39, 0.29) is 34.4 Å². The molecule has 9 heteroatoms. The van der Waals surface area contributed by atoms with Gasteiger partial charge in [0.2, 0.25) is 0 Å². The summed E-state index contributed by atoms with van der Waals surface area (Å²) in [7, 11) is 1.46. The monoisotopic (exact) mass is 520 g/mol. The highest BCUT2D eigenvalue weighted by molar-refractivity contribution is 6.51. The number of benzene rings is 2.